The number of hydrogen-bond donors (Lipinski definition) is 1. The minimum absolute atomic E-state index is 0.0508. The Hall–Kier alpha value is -1.62. The molecule has 0 aliphatic heterocycles. The van der Waals surface area contributed by atoms with Crippen molar-refractivity contribution in [3.05, 3.63) is 29.0 Å². The van der Waals surface area contributed by atoms with E-state index in [4.69, 9.17) is 11.6 Å². The van der Waals surface area contributed by atoms with Crippen molar-refractivity contribution < 1.29 is 14.0 Å². The van der Waals surface area contributed by atoms with Gasteiger partial charge < -0.3 is 10.2 Å². The normalized spacial score (nSPS) is 10.6. The highest BCUT2D eigenvalue weighted by atomic mass is 35.5. The molecule has 2 amide bonds. The van der Waals surface area contributed by atoms with Gasteiger partial charge in [0.2, 0.25) is 11.8 Å². The zero-order valence-corrected chi connectivity index (χ0v) is 13.9. The molecule has 0 unspecified atom stereocenters. The maximum atomic E-state index is 13.2. The molecule has 0 saturated heterocycles. The van der Waals surface area contributed by atoms with Gasteiger partial charge in [-0.25, -0.2) is 4.39 Å². The molecule has 4 nitrogen and oxygen atoms in total. The molecule has 0 aliphatic rings. The summed E-state index contributed by atoms with van der Waals surface area (Å²) in [5, 5.41) is 2.77. The van der Waals surface area contributed by atoms with Crippen LogP contribution in [0.1, 0.15) is 33.6 Å². The van der Waals surface area contributed by atoms with Crippen molar-refractivity contribution in [3.8, 4) is 0 Å². The maximum absolute atomic E-state index is 13.2. The van der Waals surface area contributed by atoms with Gasteiger partial charge in [0.15, 0.2) is 0 Å². The van der Waals surface area contributed by atoms with E-state index in [1.165, 1.54) is 30.0 Å². The van der Waals surface area contributed by atoms with Crippen LogP contribution in [-0.2, 0) is 9.59 Å². The molecular weight excluding hydrogens is 307 g/mol. The molecule has 0 spiro atoms. The van der Waals surface area contributed by atoms with Crippen LogP contribution < -0.4 is 10.2 Å². The van der Waals surface area contributed by atoms with Crippen LogP contribution in [0.4, 0.5) is 10.1 Å². The molecule has 1 N–H and O–H groups in total. The molecule has 0 bridgehead atoms. The number of rotatable bonds is 7. The summed E-state index contributed by atoms with van der Waals surface area (Å²) in [5.74, 6) is -0.353. The van der Waals surface area contributed by atoms with Crippen LogP contribution in [0.25, 0.3) is 0 Å². The topological polar surface area (TPSA) is 49.4 Å². The van der Waals surface area contributed by atoms with Crippen molar-refractivity contribution in [2.45, 2.75) is 33.6 Å². The van der Waals surface area contributed by atoms with E-state index in [0.717, 1.165) is 6.42 Å². The molecule has 122 valence electrons. The fraction of sp³-hybridized carbons (Fsp3) is 0.500. The Morgan fingerprint density at radius 2 is 2.05 bits per heavy atom. The second-order valence-electron chi connectivity index (χ2n) is 5.55. The van der Waals surface area contributed by atoms with Gasteiger partial charge in [-0.2, -0.15) is 0 Å². The lowest BCUT2D eigenvalue weighted by Gasteiger charge is -2.21. The SMILES string of the molecule is CC(=O)N(CCC(=O)NCCC(C)C)c1ccc(F)c(Cl)c1. The average molecular weight is 329 g/mol. The van der Waals surface area contributed by atoms with E-state index in [1.54, 1.807) is 0 Å². The van der Waals surface area contributed by atoms with E-state index in [2.05, 4.69) is 19.2 Å². The first kappa shape index (κ1) is 18.4. The Morgan fingerprint density at radius 1 is 1.36 bits per heavy atom. The van der Waals surface area contributed by atoms with Gasteiger partial charge in [0, 0.05) is 32.1 Å². The van der Waals surface area contributed by atoms with Crippen LogP contribution >= 0.6 is 11.6 Å². The van der Waals surface area contributed by atoms with Crippen LogP contribution in [0, 0.1) is 11.7 Å². The predicted octanol–water partition coefficient (Wildman–Crippen LogP) is 3.38. The first-order valence-electron chi connectivity index (χ1n) is 7.31. The number of nitrogens with zero attached hydrogens (tertiary/aromatic N) is 1. The van der Waals surface area contributed by atoms with Crippen LogP contribution in [0.15, 0.2) is 18.2 Å². The highest BCUT2D eigenvalue weighted by molar-refractivity contribution is 6.31. The standard InChI is InChI=1S/C16H22ClFN2O2/c1-11(2)6-8-19-16(22)7-9-20(12(3)21)13-4-5-15(18)14(17)10-13/h4-5,10-11H,6-9H2,1-3H3,(H,19,22). The van der Waals surface area contributed by atoms with E-state index in [-0.39, 0.29) is 29.8 Å². The van der Waals surface area contributed by atoms with Gasteiger partial charge in [-0.1, -0.05) is 25.4 Å². The van der Waals surface area contributed by atoms with Crippen molar-refractivity contribution in [2.24, 2.45) is 5.92 Å². The van der Waals surface area contributed by atoms with E-state index in [9.17, 15) is 14.0 Å². The monoisotopic (exact) mass is 328 g/mol. The highest BCUT2D eigenvalue weighted by Gasteiger charge is 2.15. The van der Waals surface area contributed by atoms with Gasteiger partial charge in [0.1, 0.15) is 5.82 Å². The molecule has 0 radical (unpaired) electrons. The Labute approximate surface area is 135 Å². The summed E-state index contributed by atoms with van der Waals surface area (Å²) < 4.78 is 13.2. The molecule has 0 saturated carbocycles. The maximum Gasteiger partial charge on any atom is 0.223 e. The molecule has 1 aromatic rings. The molecule has 6 heteroatoms. The van der Waals surface area contributed by atoms with Gasteiger partial charge in [0.05, 0.1) is 5.02 Å². The fourth-order valence-electron chi connectivity index (χ4n) is 1.92. The minimum atomic E-state index is -0.541. The number of amides is 2. The van der Waals surface area contributed by atoms with Crippen LogP contribution in [0.3, 0.4) is 0 Å². The first-order valence-corrected chi connectivity index (χ1v) is 7.69. The summed E-state index contributed by atoms with van der Waals surface area (Å²) >= 11 is 5.73. The van der Waals surface area contributed by atoms with Gasteiger partial charge in [-0.05, 0) is 30.5 Å². The third-order valence-electron chi connectivity index (χ3n) is 3.20. The van der Waals surface area contributed by atoms with Crippen LogP contribution in [0.5, 0.6) is 0 Å². The van der Waals surface area contributed by atoms with Gasteiger partial charge in [-0.15, -0.1) is 0 Å². The number of nitrogens with one attached hydrogen (secondary N) is 1. The quantitative estimate of drug-likeness (QED) is 0.834. The van der Waals surface area contributed by atoms with Gasteiger partial charge in [0.25, 0.3) is 0 Å². The average Bonchev–Trinajstić information content (AvgIpc) is 2.42. The predicted molar refractivity (Wildman–Crippen MR) is 86.5 cm³/mol. The van der Waals surface area contributed by atoms with Crippen molar-refractivity contribution in [1.82, 2.24) is 5.32 Å². The zero-order chi connectivity index (χ0) is 16.7. The zero-order valence-electron chi connectivity index (χ0n) is 13.2. The molecule has 0 aliphatic carbocycles. The second kappa shape index (κ2) is 8.73. The third kappa shape index (κ3) is 6.02. The van der Waals surface area contributed by atoms with E-state index >= 15 is 0 Å². The first-order chi connectivity index (χ1) is 10.3. The van der Waals surface area contributed by atoms with Gasteiger partial charge in [-0.3, -0.25) is 9.59 Å². The Kier molecular flexibility index (Phi) is 7.32. The largest absolute Gasteiger partial charge is 0.356 e. The van der Waals surface area contributed by atoms with Crippen molar-refractivity contribution >= 4 is 29.1 Å². The molecule has 0 heterocycles. The Balaban J connectivity index is 2.60. The van der Waals surface area contributed by atoms with Crippen LogP contribution in [-0.4, -0.2) is 24.9 Å². The van der Waals surface area contributed by atoms with Crippen molar-refractivity contribution in [2.75, 3.05) is 18.0 Å². The molecule has 0 atom stereocenters. The van der Waals surface area contributed by atoms with E-state index in [1.807, 2.05) is 0 Å². The lowest BCUT2D eigenvalue weighted by Crippen LogP contribution is -2.34. The summed E-state index contributed by atoms with van der Waals surface area (Å²) in [6.07, 6.45) is 1.10. The van der Waals surface area contributed by atoms with Gasteiger partial charge >= 0.3 is 0 Å². The lowest BCUT2D eigenvalue weighted by atomic mass is 10.1. The fourth-order valence-corrected chi connectivity index (χ4v) is 2.10. The summed E-state index contributed by atoms with van der Waals surface area (Å²) in [7, 11) is 0. The number of anilines is 1. The van der Waals surface area contributed by atoms with E-state index < -0.39 is 5.82 Å². The summed E-state index contributed by atoms with van der Waals surface area (Å²) in [6, 6.07) is 4.06. The third-order valence-corrected chi connectivity index (χ3v) is 3.49. The number of hydrogen-bond acceptors (Lipinski definition) is 2. The summed E-state index contributed by atoms with van der Waals surface area (Å²) in [5.41, 5.74) is 0.480. The summed E-state index contributed by atoms with van der Waals surface area (Å²) in [4.78, 5) is 24.9. The number of halogens is 2. The molecule has 0 aromatic heterocycles. The Bertz CT molecular complexity index is 535. The van der Waals surface area contributed by atoms with Crippen molar-refractivity contribution in [3.63, 3.8) is 0 Å². The number of carbonyl (C=O) groups excluding carboxylic acids is 2. The molecule has 0 fully saturated rings. The highest BCUT2D eigenvalue weighted by Crippen LogP contribution is 2.23. The second-order valence-corrected chi connectivity index (χ2v) is 5.96. The van der Waals surface area contributed by atoms with Crippen molar-refractivity contribution in [1.29, 1.82) is 0 Å². The number of benzene rings is 1. The lowest BCUT2D eigenvalue weighted by molar-refractivity contribution is -0.121. The molecule has 22 heavy (non-hydrogen) atoms. The number of carbonyl (C=O) groups is 2. The molecular formula is C16H22ClFN2O2. The molecule has 1 aromatic carbocycles. The molecule has 1 rings (SSSR count). The van der Waals surface area contributed by atoms with Crippen LogP contribution in [0.2, 0.25) is 5.02 Å². The summed E-state index contributed by atoms with van der Waals surface area (Å²) in [6.45, 7) is 6.42. The van der Waals surface area contributed by atoms with E-state index in [0.29, 0.717) is 18.2 Å². The minimum Gasteiger partial charge on any atom is -0.356 e. The Morgan fingerprint density at radius 3 is 2.59 bits per heavy atom. The smallest absolute Gasteiger partial charge is 0.223 e.